The first-order chi connectivity index (χ1) is 11.8. The molecule has 1 amide bonds. The summed E-state index contributed by atoms with van der Waals surface area (Å²) in [6.07, 6.45) is -4.22. The van der Waals surface area contributed by atoms with E-state index in [0.717, 1.165) is 16.4 Å². The van der Waals surface area contributed by atoms with Crippen molar-refractivity contribution in [3.05, 3.63) is 53.3 Å². The zero-order valence-electron chi connectivity index (χ0n) is 13.8. The second kappa shape index (κ2) is 6.51. The van der Waals surface area contributed by atoms with Crippen molar-refractivity contribution in [3.8, 4) is 0 Å². The number of aryl methyl sites for hydroxylation is 1. The van der Waals surface area contributed by atoms with E-state index in [2.05, 4.69) is 5.10 Å². The summed E-state index contributed by atoms with van der Waals surface area (Å²) in [7, 11) is 1.36. The van der Waals surface area contributed by atoms with Gasteiger partial charge in [-0.1, -0.05) is 30.3 Å². The number of halogens is 3. The molecule has 0 spiro atoms. The molecule has 1 aliphatic rings. The number of rotatable bonds is 2. The van der Waals surface area contributed by atoms with Crippen LogP contribution >= 0.6 is 0 Å². The van der Waals surface area contributed by atoms with Gasteiger partial charge in [0, 0.05) is 19.8 Å². The molecule has 0 saturated carbocycles. The molecule has 134 valence electrons. The van der Waals surface area contributed by atoms with E-state index < -0.39 is 23.3 Å². The lowest BCUT2D eigenvalue weighted by molar-refractivity contribution is -0.142. The highest BCUT2D eigenvalue weighted by Crippen LogP contribution is 2.32. The van der Waals surface area contributed by atoms with Crippen molar-refractivity contribution < 1.29 is 22.7 Å². The number of amides is 1. The van der Waals surface area contributed by atoms with Gasteiger partial charge in [-0.25, -0.2) is 0 Å². The van der Waals surface area contributed by atoms with Crippen LogP contribution in [0.3, 0.4) is 0 Å². The monoisotopic (exact) mass is 353 g/mol. The van der Waals surface area contributed by atoms with Gasteiger partial charge < -0.3 is 9.64 Å². The van der Waals surface area contributed by atoms with Crippen molar-refractivity contribution in [2.75, 3.05) is 13.1 Å². The zero-order chi connectivity index (χ0) is 18.2. The Morgan fingerprint density at radius 3 is 2.56 bits per heavy atom. The van der Waals surface area contributed by atoms with Crippen LogP contribution in [0.1, 0.15) is 34.6 Å². The van der Waals surface area contributed by atoms with Gasteiger partial charge in [0.1, 0.15) is 6.10 Å². The first-order valence-electron chi connectivity index (χ1n) is 7.86. The van der Waals surface area contributed by atoms with Crippen LogP contribution < -0.4 is 0 Å². The van der Waals surface area contributed by atoms with Crippen LogP contribution in [0, 0.1) is 0 Å². The van der Waals surface area contributed by atoms with E-state index in [1.54, 1.807) is 6.92 Å². The number of carbonyl (C=O) groups excluding carboxylic acids is 1. The Hall–Kier alpha value is -2.35. The topological polar surface area (TPSA) is 47.4 Å². The first kappa shape index (κ1) is 17.5. The molecule has 3 rings (SSSR count). The molecule has 2 aromatic rings. The minimum absolute atomic E-state index is 0.194. The Morgan fingerprint density at radius 1 is 1.24 bits per heavy atom. The van der Waals surface area contributed by atoms with Gasteiger partial charge in [-0.15, -0.1) is 0 Å². The van der Waals surface area contributed by atoms with Crippen molar-refractivity contribution in [3.63, 3.8) is 0 Å². The highest BCUT2D eigenvalue weighted by molar-refractivity contribution is 5.95. The van der Waals surface area contributed by atoms with Crippen LogP contribution in [0.2, 0.25) is 0 Å². The Morgan fingerprint density at radius 2 is 1.92 bits per heavy atom. The molecule has 2 atom stereocenters. The van der Waals surface area contributed by atoms with E-state index in [4.69, 9.17) is 4.74 Å². The van der Waals surface area contributed by atoms with Crippen LogP contribution in [-0.4, -0.2) is 39.8 Å². The molecule has 25 heavy (non-hydrogen) atoms. The van der Waals surface area contributed by atoms with Crippen molar-refractivity contribution in [1.29, 1.82) is 0 Å². The minimum Gasteiger partial charge on any atom is -0.367 e. The summed E-state index contributed by atoms with van der Waals surface area (Å²) in [6.45, 7) is 2.22. The number of nitrogens with zero attached hydrogens (tertiary/aromatic N) is 3. The standard InChI is InChI=1S/C17H18F3N3O2/c1-11-8-23(10-14(25-11)12-6-4-3-5-7-12)16(24)13-9-22(2)21-15(13)17(18,19)20/h3-7,9,11,14H,8,10H2,1-2H3. The molecular formula is C17H18F3N3O2. The van der Waals surface area contributed by atoms with Gasteiger partial charge in [0.05, 0.1) is 18.2 Å². The maximum Gasteiger partial charge on any atom is 0.435 e. The molecule has 2 unspecified atom stereocenters. The summed E-state index contributed by atoms with van der Waals surface area (Å²) < 4.78 is 46.3. The molecule has 2 heterocycles. The minimum atomic E-state index is -4.68. The fraction of sp³-hybridized carbons (Fsp3) is 0.412. The summed E-state index contributed by atoms with van der Waals surface area (Å²) in [4.78, 5) is 14.1. The van der Waals surface area contributed by atoms with Gasteiger partial charge in [-0.2, -0.15) is 18.3 Å². The Bertz CT molecular complexity index is 758. The lowest BCUT2D eigenvalue weighted by Gasteiger charge is -2.37. The quantitative estimate of drug-likeness (QED) is 0.834. The van der Waals surface area contributed by atoms with Crippen molar-refractivity contribution in [2.45, 2.75) is 25.3 Å². The molecule has 5 nitrogen and oxygen atoms in total. The van der Waals surface area contributed by atoms with E-state index in [1.165, 1.54) is 11.9 Å². The van der Waals surface area contributed by atoms with Crippen LogP contribution in [-0.2, 0) is 18.0 Å². The van der Waals surface area contributed by atoms with Gasteiger partial charge in [0.2, 0.25) is 0 Å². The van der Waals surface area contributed by atoms with Crippen LogP contribution in [0.15, 0.2) is 36.5 Å². The van der Waals surface area contributed by atoms with Gasteiger partial charge in [-0.3, -0.25) is 9.48 Å². The number of benzene rings is 1. The Balaban J connectivity index is 1.87. The van der Waals surface area contributed by atoms with Gasteiger partial charge in [0.15, 0.2) is 5.69 Å². The fourth-order valence-electron chi connectivity index (χ4n) is 2.99. The number of aromatic nitrogens is 2. The molecule has 1 saturated heterocycles. The molecule has 1 aliphatic heterocycles. The molecule has 1 aromatic heterocycles. The summed E-state index contributed by atoms with van der Waals surface area (Å²) in [6, 6.07) is 9.32. The average Bonchev–Trinajstić information content (AvgIpc) is 2.96. The van der Waals surface area contributed by atoms with Crippen LogP contribution in [0.4, 0.5) is 13.2 Å². The van der Waals surface area contributed by atoms with Crippen LogP contribution in [0.5, 0.6) is 0 Å². The first-order valence-corrected chi connectivity index (χ1v) is 7.86. The molecule has 0 radical (unpaired) electrons. The smallest absolute Gasteiger partial charge is 0.367 e. The fourth-order valence-corrected chi connectivity index (χ4v) is 2.99. The highest BCUT2D eigenvalue weighted by Gasteiger charge is 2.41. The number of hydrogen-bond acceptors (Lipinski definition) is 3. The number of morpholine rings is 1. The second-order valence-corrected chi connectivity index (χ2v) is 6.12. The largest absolute Gasteiger partial charge is 0.435 e. The summed E-state index contributed by atoms with van der Waals surface area (Å²) >= 11 is 0. The predicted octanol–water partition coefficient (Wildman–Crippen LogP) is 3.04. The number of hydrogen-bond donors (Lipinski definition) is 0. The maximum absolute atomic E-state index is 13.1. The number of ether oxygens (including phenoxy) is 1. The average molecular weight is 353 g/mol. The third-order valence-electron chi connectivity index (χ3n) is 4.05. The molecular weight excluding hydrogens is 335 g/mol. The van der Waals surface area contributed by atoms with Crippen molar-refractivity contribution >= 4 is 5.91 Å². The number of carbonyl (C=O) groups is 1. The summed E-state index contributed by atoms with van der Waals surface area (Å²) in [5, 5.41) is 3.41. The highest BCUT2D eigenvalue weighted by atomic mass is 19.4. The third kappa shape index (κ3) is 3.68. The predicted molar refractivity (Wildman–Crippen MR) is 83.8 cm³/mol. The van der Waals surface area contributed by atoms with Crippen molar-refractivity contribution in [1.82, 2.24) is 14.7 Å². The summed E-state index contributed by atoms with van der Waals surface area (Å²) in [5.74, 6) is -0.684. The molecule has 0 N–H and O–H groups in total. The maximum atomic E-state index is 13.1. The van der Waals surface area contributed by atoms with Gasteiger partial charge in [0.25, 0.3) is 5.91 Å². The zero-order valence-corrected chi connectivity index (χ0v) is 13.8. The Labute approximate surface area is 143 Å². The lowest BCUT2D eigenvalue weighted by Crippen LogP contribution is -2.46. The SMILES string of the molecule is CC1CN(C(=O)c2cn(C)nc2C(F)(F)F)CC(c2ccccc2)O1. The lowest BCUT2D eigenvalue weighted by atomic mass is 10.1. The molecule has 1 aromatic carbocycles. The molecule has 0 aliphatic carbocycles. The number of alkyl halides is 3. The molecule has 1 fully saturated rings. The normalized spacial score (nSPS) is 21.4. The van der Waals surface area contributed by atoms with E-state index in [1.807, 2.05) is 30.3 Å². The van der Waals surface area contributed by atoms with Crippen LogP contribution in [0.25, 0.3) is 0 Å². The van der Waals surface area contributed by atoms with Gasteiger partial charge >= 0.3 is 6.18 Å². The molecule has 0 bridgehead atoms. The van der Waals surface area contributed by atoms with E-state index >= 15 is 0 Å². The molecule has 8 heteroatoms. The van der Waals surface area contributed by atoms with Crippen molar-refractivity contribution in [2.24, 2.45) is 7.05 Å². The van der Waals surface area contributed by atoms with E-state index in [-0.39, 0.29) is 25.3 Å². The van der Waals surface area contributed by atoms with E-state index in [9.17, 15) is 18.0 Å². The second-order valence-electron chi connectivity index (χ2n) is 6.12. The van der Waals surface area contributed by atoms with E-state index in [0.29, 0.717) is 0 Å². The van der Waals surface area contributed by atoms with Gasteiger partial charge in [-0.05, 0) is 12.5 Å². The Kier molecular flexibility index (Phi) is 4.55. The summed E-state index contributed by atoms with van der Waals surface area (Å²) in [5.41, 5.74) is -0.708. The third-order valence-corrected chi connectivity index (χ3v) is 4.05.